The minimum atomic E-state index is -0.642. The number of non-ortho nitro benzene ring substituents is 1. The molecular weight excluding hydrogens is 374 g/mol. The van der Waals surface area contributed by atoms with E-state index in [4.69, 9.17) is 9.47 Å². The molecule has 27 heavy (non-hydrogen) atoms. The molecule has 1 amide bonds. The molecule has 0 atom stereocenters. The summed E-state index contributed by atoms with van der Waals surface area (Å²) in [7, 11) is 1.32. The number of methoxy groups -OCH3 is 1. The first kappa shape index (κ1) is 18.3. The third-order valence-corrected chi connectivity index (χ3v) is 4.36. The molecule has 138 valence electrons. The van der Waals surface area contributed by atoms with Crippen LogP contribution < -0.4 is 10.1 Å². The summed E-state index contributed by atoms with van der Waals surface area (Å²) in [5.41, 5.74) is 2.82. The molecule has 1 heterocycles. The fourth-order valence-corrected chi connectivity index (χ4v) is 3.00. The van der Waals surface area contributed by atoms with E-state index in [-0.39, 0.29) is 17.1 Å². The zero-order valence-corrected chi connectivity index (χ0v) is 14.8. The number of thiazole rings is 1. The predicted molar refractivity (Wildman–Crippen MR) is 98.2 cm³/mol. The number of aromatic nitrogens is 1. The molecule has 0 fully saturated rings. The number of nitro benzene ring substituents is 1. The van der Waals surface area contributed by atoms with E-state index in [1.54, 1.807) is 23.7 Å². The van der Waals surface area contributed by atoms with Crippen molar-refractivity contribution in [3.8, 4) is 5.75 Å². The van der Waals surface area contributed by atoms with Crippen molar-refractivity contribution in [3.63, 3.8) is 0 Å². The van der Waals surface area contributed by atoms with Crippen LogP contribution in [0.3, 0.4) is 0 Å². The molecule has 0 bridgehead atoms. The van der Waals surface area contributed by atoms with Gasteiger partial charge in [-0.2, -0.15) is 0 Å². The van der Waals surface area contributed by atoms with Crippen LogP contribution in [0.25, 0.3) is 10.2 Å². The smallest absolute Gasteiger partial charge is 0.338 e. The van der Waals surface area contributed by atoms with Crippen molar-refractivity contribution in [2.24, 2.45) is 0 Å². The maximum absolute atomic E-state index is 12.1. The third kappa shape index (κ3) is 4.18. The number of fused-ring (bicyclic) bond motifs is 1. The highest BCUT2D eigenvalue weighted by molar-refractivity contribution is 7.16. The second-order valence-corrected chi connectivity index (χ2v) is 6.19. The van der Waals surface area contributed by atoms with Gasteiger partial charge in [0.15, 0.2) is 6.61 Å². The topological polar surface area (TPSA) is 121 Å². The third-order valence-electron chi connectivity index (χ3n) is 3.57. The Kier molecular flexibility index (Phi) is 5.27. The average Bonchev–Trinajstić information content (AvgIpc) is 3.14. The van der Waals surface area contributed by atoms with Gasteiger partial charge in [0, 0.05) is 6.07 Å². The van der Waals surface area contributed by atoms with Crippen LogP contribution >= 0.6 is 11.3 Å². The fourth-order valence-electron chi connectivity index (χ4n) is 2.28. The van der Waals surface area contributed by atoms with E-state index < -0.39 is 23.4 Å². The van der Waals surface area contributed by atoms with Crippen molar-refractivity contribution in [1.82, 2.24) is 4.98 Å². The number of hydrogen-bond donors (Lipinski definition) is 1. The molecule has 1 aromatic heterocycles. The summed E-state index contributed by atoms with van der Waals surface area (Å²) < 4.78 is 10.9. The number of carbonyl (C=O) groups excluding carboxylic acids is 2. The highest BCUT2D eigenvalue weighted by Gasteiger charge is 2.15. The van der Waals surface area contributed by atoms with Gasteiger partial charge in [0.05, 0.1) is 45.1 Å². The molecule has 0 saturated heterocycles. The lowest BCUT2D eigenvalue weighted by Crippen LogP contribution is -2.21. The van der Waals surface area contributed by atoms with Crippen molar-refractivity contribution < 1.29 is 24.0 Å². The zero-order valence-electron chi connectivity index (χ0n) is 14.0. The maximum Gasteiger partial charge on any atom is 0.338 e. The molecule has 0 saturated carbocycles. The summed E-state index contributed by atoms with van der Waals surface area (Å²) in [5.74, 6) is -1.12. The monoisotopic (exact) mass is 387 g/mol. The van der Waals surface area contributed by atoms with Gasteiger partial charge in [-0.25, -0.2) is 9.78 Å². The first-order valence-corrected chi connectivity index (χ1v) is 8.48. The molecule has 2 aromatic carbocycles. The number of rotatable bonds is 6. The van der Waals surface area contributed by atoms with E-state index in [1.165, 1.54) is 36.6 Å². The number of nitrogens with one attached hydrogen (secondary N) is 1. The van der Waals surface area contributed by atoms with E-state index in [0.717, 1.165) is 10.2 Å². The predicted octanol–water partition coefficient (Wildman–Crippen LogP) is 3.01. The Morgan fingerprint density at radius 3 is 2.81 bits per heavy atom. The maximum atomic E-state index is 12.1. The van der Waals surface area contributed by atoms with Crippen LogP contribution in [0.2, 0.25) is 0 Å². The Balaban J connectivity index is 1.62. The molecule has 0 aliphatic carbocycles. The molecule has 9 nitrogen and oxygen atoms in total. The lowest BCUT2D eigenvalue weighted by molar-refractivity contribution is -0.384. The molecule has 3 aromatic rings. The number of amides is 1. The first-order chi connectivity index (χ1) is 13.0. The van der Waals surface area contributed by atoms with Crippen molar-refractivity contribution in [2.45, 2.75) is 0 Å². The first-order valence-electron chi connectivity index (χ1n) is 7.60. The van der Waals surface area contributed by atoms with E-state index in [2.05, 4.69) is 10.3 Å². The summed E-state index contributed by atoms with van der Waals surface area (Å²) in [4.78, 5) is 38.4. The van der Waals surface area contributed by atoms with Gasteiger partial charge >= 0.3 is 5.97 Å². The fraction of sp³-hybridized carbons (Fsp3) is 0.118. The van der Waals surface area contributed by atoms with Gasteiger partial charge in [-0.3, -0.25) is 14.9 Å². The van der Waals surface area contributed by atoms with Crippen LogP contribution in [0.1, 0.15) is 10.4 Å². The van der Waals surface area contributed by atoms with Gasteiger partial charge in [-0.1, -0.05) is 0 Å². The number of carbonyl (C=O) groups is 2. The number of benzene rings is 2. The molecule has 0 unspecified atom stereocenters. The van der Waals surface area contributed by atoms with Gasteiger partial charge in [-0.15, -0.1) is 11.3 Å². The van der Waals surface area contributed by atoms with Crippen molar-refractivity contribution >= 4 is 44.8 Å². The van der Waals surface area contributed by atoms with Crippen molar-refractivity contribution in [1.29, 1.82) is 0 Å². The van der Waals surface area contributed by atoms with Crippen molar-refractivity contribution in [3.05, 3.63) is 57.6 Å². The Labute approximate surface area is 156 Å². The van der Waals surface area contributed by atoms with Crippen LogP contribution in [-0.4, -0.2) is 35.5 Å². The van der Waals surface area contributed by atoms with Gasteiger partial charge in [0.2, 0.25) is 0 Å². The van der Waals surface area contributed by atoms with Gasteiger partial charge in [-0.05, 0) is 24.3 Å². The molecule has 0 aliphatic rings. The lowest BCUT2D eigenvalue weighted by Gasteiger charge is -2.10. The van der Waals surface area contributed by atoms with Gasteiger partial charge < -0.3 is 14.8 Å². The summed E-state index contributed by atoms with van der Waals surface area (Å²) >= 11 is 1.39. The number of nitro groups is 1. The number of anilines is 1. The average molecular weight is 387 g/mol. The number of hydrogen-bond acceptors (Lipinski definition) is 8. The summed E-state index contributed by atoms with van der Waals surface area (Å²) in [6, 6.07) is 8.67. The highest BCUT2D eigenvalue weighted by atomic mass is 32.1. The normalized spacial score (nSPS) is 10.4. The Bertz CT molecular complexity index is 1030. The largest absolute Gasteiger partial charge is 0.494 e. The molecule has 0 aliphatic heterocycles. The van der Waals surface area contributed by atoms with E-state index in [1.807, 2.05) is 0 Å². The van der Waals surface area contributed by atoms with E-state index in [0.29, 0.717) is 5.56 Å². The molecule has 3 rings (SSSR count). The Morgan fingerprint density at radius 2 is 2.07 bits per heavy atom. The Morgan fingerprint density at radius 1 is 1.26 bits per heavy atom. The number of esters is 1. The molecule has 10 heteroatoms. The molecule has 0 spiro atoms. The standard InChI is InChI=1S/C17H13N3O6S/c1-25-14-7-11(20(23)24)3-5-12(14)19-16(21)8-26-17(22)10-2-4-13-15(6-10)27-9-18-13/h2-7,9H,8H2,1H3,(H,19,21). The quantitative estimate of drug-likeness (QED) is 0.392. The van der Waals surface area contributed by atoms with E-state index in [9.17, 15) is 19.7 Å². The van der Waals surface area contributed by atoms with Gasteiger partial charge in [0.25, 0.3) is 11.6 Å². The van der Waals surface area contributed by atoms with Crippen molar-refractivity contribution in [2.75, 3.05) is 19.0 Å². The SMILES string of the molecule is COc1cc([N+](=O)[O-])ccc1NC(=O)COC(=O)c1ccc2ncsc2c1. The van der Waals surface area contributed by atoms with Crippen LogP contribution in [0.5, 0.6) is 5.75 Å². The molecular formula is C17H13N3O6S. The number of ether oxygens (including phenoxy) is 2. The molecule has 1 N–H and O–H groups in total. The highest BCUT2D eigenvalue weighted by Crippen LogP contribution is 2.29. The van der Waals surface area contributed by atoms with Crippen LogP contribution in [0.15, 0.2) is 41.9 Å². The van der Waals surface area contributed by atoms with Crippen LogP contribution in [0.4, 0.5) is 11.4 Å². The summed E-state index contributed by atoms with van der Waals surface area (Å²) in [6.45, 7) is -0.514. The Hall–Kier alpha value is -3.53. The minimum absolute atomic E-state index is 0.125. The summed E-state index contributed by atoms with van der Waals surface area (Å²) in [6.07, 6.45) is 0. The van der Waals surface area contributed by atoms with Gasteiger partial charge in [0.1, 0.15) is 5.75 Å². The number of nitrogens with zero attached hydrogens (tertiary/aromatic N) is 2. The van der Waals surface area contributed by atoms with Crippen LogP contribution in [0, 0.1) is 10.1 Å². The van der Waals surface area contributed by atoms with Crippen LogP contribution in [-0.2, 0) is 9.53 Å². The lowest BCUT2D eigenvalue weighted by atomic mass is 10.2. The zero-order chi connectivity index (χ0) is 19.4. The molecule has 0 radical (unpaired) electrons. The minimum Gasteiger partial charge on any atom is -0.494 e. The summed E-state index contributed by atoms with van der Waals surface area (Å²) in [5, 5.41) is 13.3. The van der Waals surface area contributed by atoms with E-state index >= 15 is 0 Å². The second kappa shape index (κ2) is 7.79. The second-order valence-electron chi connectivity index (χ2n) is 5.30.